The Labute approximate surface area is 101 Å². The molecule has 0 aromatic rings. The molecular formula is C14H28N2. The highest BCUT2D eigenvalue weighted by Crippen LogP contribution is 2.50. The van der Waals surface area contributed by atoms with Crippen molar-refractivity contribution in [2.24, 2.45) is 11.3 Å². The Morgan fingerprint density at radius 2 is 2.12 bits per heavy atom. The van der Waals surface area contributed by atoms with E-state index >= 15 is 0 Å². The summed E-state index contributed by atoms with van der Waals surface area (Å²) < 4.78 is 0. The zero-order valence-corrected chi connectivity index (χ0v) is 11.3. The van der Waals surface area contributed by atoms with Crippen molar-refractivity contribution in [1.29, 1.82) is 0 Å². The lowest BCUT2D eigenvalue weighted by atomic mass is 9.97. The van der Waals surface area contributed by atoms with Crippen LogP contribution >= 0.6 is 0 Å². The summed E-state index contributed by atoms with van der Waals surface area (Å²) >= 11 is 0. The molecule has 0 amide bonds. The van der Waals surface area contributed by atoms with Crippen LogP contribution in [0, 0.1) is 11.3 Å². The highest BCUT2D eigenvalue weighted by molar-refractivity contribution is 4.96. The van der Waals surface area contributed by atoms with Crippen molar-refractivity contribution in [1.82, 2.24) is 10.2 Å². The van der Waals surface area contributed by atoms with E-state index in [-0.39, 0.29) is 0 Å². The molecule has 1 aliphatic carbocycles. The minimum Gasteiger partial charge on any atom is -0.311 e. The third kappa shape index (κ3) is 2.98. The van der Waals surface area contributed by atoms with Crippen molar-refractivity contribution >= 4 is 0 Å². The largest absolute Gasteiger partial charge is 0.311 e. The first kappa shape index (κ1) is 12.4. The fraction of sp³-hybridized carbons (Fsp3) is 1.00. The molecule has 1 atom stereocenters. The Morgan fingerprint density at radius 1 is 1.38 bits per heavy atom. The molecule has 0 bridgehead atoms. The maximum absolute atomic E-state index is 3.65. The highest BCUT2D eigenvalue weighted by atomic mass is 15.2. The topological polar surface area (TPSA) is 15.3 Å². The Kier molecular flexibility index (Phi) is 3.91. The first-order valence-electron chi connectivity index (χ1n) is 7.11. The predicted octanol–water partition coefficient (Wildman–Crippen LogP) is 2.50. The van der Waals surface area contributed by atoms with E-state index in [4.69, 9.17) is 0 Å². The third-order valence-corrected chi connectivity index (χ3v) is 4.39. The van der Waals surface area contributed by atoms with E-state index in [0.29, 0.717) is 6.04 Å². The molecule has 16 heavy (non-hydrogen) atoms. The molecule has 0 aromatic heterocycles. The van der Waals surface area contributed by atoms with Crippen molar-refractivity contribution in [3.8, 4) is 0 Å². The zero-order valence-electron chi connectivity index (χ0n) is 11.3. The monoisotopic (exact) mass is 224 g/mol. The van der Waals surface area contributed by atoms with Crippen LogP contribution in [0.2, 0.25) is 0 Å². The summed E-state index contributed by atoms with van der Waals surface area (Å²) in [5, 5.41) is 3.65. The smallest absolute Gasteiger partial charge is 0.0218 e. The predicted molar refractivity (Wildman–Crippen MR) is 69.6 cm³/mol. The minimum absolute atomic E-state index is 0.714. The number of hydrogen-bond donors (Lipinski definition) is 1. The Balaban J connectivity index is 1.81. The van der Waals surface area contributed by atoms with E-state index in [2.05, 4.69) is 31.0 Å². The van der Waals surface area contributed by atoms with E-state index in [9.17, 15) is 0 Å². The first-order valence-corrected chi connectivity index (χ1v) is 7.11. The molecule has 94 valence electrons. The second kappa shape index (κ2) is 5.05. The highest BCUT2D eigenvalue weighted by Gasteiger charge is 2.43. The van der Waals surface area contributed by atoms with Crippen LogP contribution in [0.4, 0.5) is 0 Å². The van der Waals surface area contributed by atoms with Gasteiger partial charge in [0.25, 0.3) is 0 Å². The van der Waals surface area contributed by atoms with Gasteiger partial charge in [0.2, 0.25) is 0 Å². The normalized spacial score (nSPS) is 29.6. The van der Waals surface area contributed by atoms with E-state index < -0.39 is 0 Å². The molecule has 2 fully saturated rings. The molecule has 1 heterocycles. The van der Waals surface area contributed by atoms with Gasteiger partial charge in [0.1, 0.15) is 0 Å². The van der Waals surface area contributed by atoms with Crippen LogP contribution in [0.5, 0.6) is 0 Å². The molecule has 0 radical (unpaired) electrons. The number of hydrogen-bond acceptors (Lipinski definition) is 2. The van der Waals surface area contributed by atoms with Gasteiger partial charge in [-0.15, -0.1) is 0 Å². The summed E-state index contributed by atoms with van der Waals surface area (Å²) in [6.07, 6.45) is 5.78. The van der Waals surface area contributed by atoms with Crippen molar-refractivity contribution in [2.45, 2.75) is 52.5 Å². The average Bonchev–Trinajstić information content (AvgIpc) is 2.99. The van der Waals surface area contributed by atoms with Crippen molar-refractivity contribution in [3.63, 3.8) is 0 Å². The van der Waals surface area contributed by atoms with Gasteiger partial charge >= 0.3 is 0 Å². The lowest BCUT2D eigenvalue weighted by molar-refractivity contribution is 0.143. The van der Waals surface area contributed by atoms with Crippen LogP contribution in [0.15, 0.2) is 0 Å². The second-order valence-corrected chi connectivity index (χ2v) is 6.29. The fourth-order valence-corrected chi connectivity index (χ4v) is 3.10. The van der Waals surface area contributed by atoms with Gasteiger partial charge in [-0.05, 0) is 30.6 Å². The molecule has 1 aliphatic heterocycles. The standard InChI is InChI=1S/C14H28N2/c1-4-5-14(6-7-14)11-16-9-8-15-13(10-16)12(2)3/h12-13,15H,4-11H2,1-3H3. The Bertz CT molecular complexity index is 221. The lowest BCUT2D eigenvalue weighted by Gasteiger charge is -2.37. The molecule has 0 aromatic carbocycles. The summed E-state index contributed by atoms with van der Waals surface area (Å²) in [5.74, 6) is 0.768. The molecule has 1 saturated heterocycles. The quantitative estimate of drug-likeness (QED) is 0.772. The van der Waals surface area contributed by atoms with Gasteiger partial charge in [0, 0.05) is 32.2 Å². The van der Waals surface area contributed by atoms with Crippen molar-refractivity contribution in [2.75, 3.05) is 26.2 Å². The minimum atomic E-state index is 0.714. The van der Waals surface area contributed by atoms with E-state index in [1.54, 1.807) is 0 Å². The molecule has 0 spiro atoms. The first-order chi connectivity index (χ1) is 7.65. The number of nitrogens with one attached hydrogen (secondary N) is 1. The van der Waals surface area contributed by atoms with Crippen LogP contribution < -0.4 is 5.32 Å². The number of piperazine rings is 1. The van der Waals surface area contributed by atoms with Crippen LogP contribution in [0.25, 0.3) is 0 Å². The van der Waals surface area contributed by atoms with Crippen LogP contribution in [-0.2, 0) is 0 Å². The average molecular weight is 224 g/mol. The zero-order chi connectivity index (χ0) is 11.6. The number of nitrogens with zero attached hydrogens (tertiary/aromatic N) is 1. The molecular weight excluding hydrogens is 196 g/mol. The van der Waals surface area contributed by atoms with Crippen LogP contribution in [-0.4, -0.2) is 37.1 Å². The summed E-state index contributed by atoms with van der Waals surface area (Å²) in [5.41, 5.74) is 0.730. The SMILES string of the molecule is CCCC1(CN2CCNC(C(C)C)C2)CC1. The van der Waals surface area contributed by atoms with Gasteiger partial charge in [-0.3, -0.25) is 4.90 Å². The fourth-order valence-electron chi connectivity index (χ4n) is 3.10. The van der Waals surface area contributed by atoms with E-state index in [0.717, 1.165) is 11.3 Å². The number of rotatable bonds is 5. The Morgan fingerprint density at radius 3 is 2.69 bits per heavy atom. The second-order valence-electron chi connectivity index (χ2n) is 6.29. The summed E-state index contributed by atoms with van der Waals surface area (Å²) in [4.78, 5) is 2.71. The molecule has 1 unspecified atom stereocenters. The summed E-state index contributed by atoms with van der Waals surface area (Å²) in [6, 6.07) is 0.714. The van der Waals surface area contributed by atoms with Gasteiger partial charge in [-0.2, -0.15) is 0 Å². The maximum atomic E-state index is 3.65. The molecule has 2 rings (SSSR count). The van der Waals surface area contributed by atoms with Gasteiger partial charge < -0.3 is 5.32 Å². The third-order valence-electron chi connectivity index (χ3n) is 4.39. The van der Waals surface area contributed by atoms with E-state index in [1.807, 2.05) is 0 Å². The summed E-state index contributed by atoms with van der Waals surface area (Å²) in [6.45, 7) is 12.1. The van der Waals surface area contributed by atoms with Gasteiger partial charge in [0.15, 0.2) is 0 Å². The molecule has 2 aliphatic rings. The van der Waals surface area contributed by atoms with E-state index in [1.165, 1.54) is 51.9 Å². The molecule has 2 heteroatoms. The van der Waals surface area contributed by atoms with Crippen LogP contribution in [0.3, 0.4) is 0 Å². The van der Waals surface area contributed by atoms with Gasteiger partial charge in [-0.1, -0.05) is 27.2 Å². The maximum Gasteiger partial charge on any atom is 0.0218 e. The molecule has 2 nitrogen and oxygen atoms in total. The van der Waals surface area contributed by atoms with Gasteiger partial charge in [0.05, 0.1) is 0 Å². The van der Waals surface area contributed by atoms with Crippen LogP contribution in [0.1, 0.15) is 46.5 Å². The van der Waals surface area contributed by atoms with Crippen molar-refractivity contribution in [3.05, 3.63) is 0 Å². The summed E-state index contributed by atoms with van der Waals surface area (Å²) in [7, 11) is 0. The lowest BCUT2D eigenvalue weighted by Crippen LogP contribution is -2.53. The van der Waals surface area contributed by atoms with Crippen molar-refractivity contribution < 1.29 is 0 Å². The van der Waals surface area contributed by atoms with Gasteiger partial charge in [-0.25, -0.2) is 0 Å². The Hall–Kier alpha value is -0.0800. The molecule has 1 N–H and O–H groups in total. The molecule has 1 saturated carbocycles.